The van der Waals surface area contributed by atoms with E-state index < -0.39 is 22.8 Å². The van der Waals surface area contributed by atoms with Crippen molar-refractivity contribution < 1.29 is 33.3 Å². The van der Waals surface area contributed by atoms with Crippen LogP contribution in [0.15, 0.2) is 0 Å². The van der Waals surface area contributed by atoms with Gasteiger partial charge in [0.1, 0.15) is 16.9 Å². The molecule has 0 bridgehead atoms. The molecule has 0 unspecified atom stereocenters. The second-order valence-corrected chi connectivity index (χ2v) is 7.15. The van der Waals surface area contributed by atoms with E-state index >= 15 is 0 Å². The van der Waals surface area contributed by atoms with Crippen molar-refractivity contribution >= 4 is 17.7 Å². The normalized spacial score (nSPS) is 22.8. The number of methoxy groups -OCH3 is 4. The first-order chi connectivity index (χ1) is 12.6. The van der Waals surface area contributed by atoms with Gasteiger partial charge < -0.3 is 30.4 Å². The lowest BCUT2D eigenvalue weighted by Gasteiger charge is -2.41. The van der Waals surface area contributed by atoms with E-state index in [0.29, 0.717) is 51.4 Å². The van der Waals surface area contributed by atoms with Crippen LogP contribution in [0, 0.1) is 0 Å². The fraction of sp³-hybridized carbons (Fsp3) is 0.833. The molecular formula is C18H32N2O7. The largest absolute Gasteiger partial charge is 0.468 e. The molecule has 9 nitrogen and oxygen atoms in total. The third kappa shape index (κ3) is 5.71. The SMILES string of the molecule is COC(=O)C1(N)CCC(=O)CC1.COC(=O)C1(N)CCC(OC)(OC)CC1. The molecule has 0 aliphatic heterocycles. The fourth-order valence-electron chi connectivity index (χ4n) is 3.36. The lowest BCUT2D eigenvalue weighted by molar-refractivity contribution is -0.229. The van der Waals surface area contributed by atoms with Crippen LogP contribution in [0.3, 0.4) is 0 Å². The molecule has 0 radical (unpaired) electrons. The molecule has 0 saturated heterocycles. The third-order valence-electron chi connectivity index (χ3n) is 5.53. The highest BCUT2D eigenvalue weighted by Gasteiger charge is 2.46. The number of esters is 2. The molecule has 0 atom stereocenters. The van der Waals surface area contributed by atoms with E-state index in [9.17, 15) is 14.4 Å². The van der Waals surface area contributed by atoms with Gasteiger partial charge in [0.15, 0.2) is 5.79 Å². The smallest absolute Gasteiger partial charge is 0.325 e. The van der Waals surface area contributed by atoms with E-state index in [1.54, 1.807) is 14.2 Å². The third-order valence-corrected chi connectivity index (χ3v) is 5.53. The van der Waals surface area contributed by atoms with Gasteiger partial charge in [-0.2, -0.15) is 0 Å². The minimum atomic E-state index is -0.914. The first-order valence-corrected chi connectivity index (χ1v) is 8.97. The van der Waals surface area contributed by atoms with Gasteiger partial charge in [-0.1, -0.05) is 0 Å². The van der Waals surface area contributed by atoms with Crippen LogP contribution in [0.5, 0.6) is 0 Å². The predicted octanol–water partition coefficient (Wildman–Crippen LogP) is 0.420. The summed E-state index contributed by atoms with van der Waals surface area (Å²) in [4.78, 5) is 33.4. The Balaban J connectivity index is 0.000000277. The Labute approximate surface area is 160 Å². The van der Waals surface area contributed by atoms with Crippen molar-refractivity contribution in [2.24, 2.45) is 11.5 Å². The van der Waals surface area contributed by atoms with E-state index in [2.05, 4.69) is 9.47 Å². The van der Waals surface area contributed by atoms with Crippen LogP contribution in [-0.2, 0) is 33.3 Å². The lowest BCUT2D eigenvalue weighted by Crippen LogP contribution is -2.55. The molecule has 2 aliphatic carbocycles. The Morgan fingerprint density at radius 3 is 1.44 bits per heavy atom. The van der Waals surface area contributed by atoms with Crippen molar-refractivity contribution in [3.8, 4) is 0 Å². The summed E-state index contributed by atoms with van der Waals surface area (Å²) in [6.07, 6.45) is 3.86. The van der Waals surface area contributed by atoms with Crippen LogP contribution in [-0.4, -0.2) is 63.0 Å². The van der Waals surface area contributed by atoms with Crippen molar-refractivity contribution in [3.63, 3.8) is 0 Å². The number of rotatable bonds is 4. The van der Waals surface area contributed by atoms with Crippen molar-refractivity contribution in [1.82, 2.24) is 0 Å². The number of hydrogen-bond acceptors (Lipinski definition) is 9. The summed E-state index contributed by atoms with van der Waals surface area (Å²) in [7, 11) is 5.87. The number of hydrogen-bond donors (Lipinski definition) is 2. The molecule has 27 heavy (non-hydrogen) atoms. The standard InChI is InChI=1S/C10H19NO4.C8H13NO3/c1-13-8(12)9(11)4-6-10(14-2,15-3)7-5-9;1-12-7(11)8(9)4-2-6(10)3-5-8/h4-7,11H2,1-3H3;2-5,9H2,1H3. The molecule has 0 aromatic carbocycles. The summed E-state index contributed by atoms with van der Waals surface area (Å²) in [5.74, 6) is -1.17. The Morgan fingerprint density at radius 1 is 0.741 bits per heavy atom. The monoisotopic (exact) mass is 388 g/mol. The van der Waals surface area contributed by atoms with Crippen LogP contribution in [0.2, 0.25) is 0 Å². The summed E-state index contributed by atoms with van der Waals surface area (Å²) in [5, 5.41) is 0. The molecule has 2 fully saturated rings. The number of carbonyl (C=O) groups excluding carboxylic acids is 3. The topological polar surface area (TPSA) is 140 Å². The average Bonchev–Trinajstić information content (AvgIpc) is 2.70. The second-order valence-electron chi connectivity index (χ2n) is 7.15. The number of nitrogens with two attached hydrogens (primary N) is 2. The molecule has 0 aromatic rings. The average molecular weight is 388 g/mol. The van der Waals surface area contributed by atoms with Gasteiger partial charge in [0.2, 0.25) is 0 Å². The van der Waals surface area contributed by atoms with Gasteiger partial charge in [0.05, 0.1) is 14.2 Å². The zero-order chi connectivity index (χ0) is 20.7. The number of Topliss-reactive ketones (excluding diaryl/α,β-unsaturated/α-hetero) is 1. The molecule has 4 N–H and O–H groups in total. The summed E-state index contributed by atoms with van der Waals surface area (Å²) in [5.41, 5.74) is 9.91. The van der Waals surface area contributed by atoms with Crippen molar-refractivity contribution in [3.05, 3.63) is 0 Å². The minimum Gasteiger partial charge on any atom is -0.468 e. The Morgan fingerprint density at radius 2 is 1.11 bits per heavy atom. The highest BCUT2D eigenvalue weighted by molar-refractivity contribution is 5.86. The van der Waals surface area contributed by atoms with Gasteiger partial charge in [-0.3, -0.25) is 14.4 Å². The maximum atomic E-state index is 11.4. The summed E-state index contributed by atoms with van der Waals surface area (Å²) in [6.45, 7) is 0. The van der Waals surface area contributed by atoms with Gasteiger partial charge >= 0.3 is 11.9 Å². The van der Waals surface area contributed by atoms with Gasteiger partial charge in [-0.15, -0.1) is 0 Å². The van der Waals surface area contributed by atoms with Crippen molar-refractivity contribution in [2.45, 2.75) is 68.2 Å². The first-order valence-electron chi connectivity index (χ1n) is 8.97. The molecule has 0 spiro atoms. The summed E-state index contributed by atoms with van der Waals surface area (Å²) >= 11 is 0. The highest BCUT2D eigenvalue weighted by atomic mass is 16.7. The molecular weight excluding hydrogens is 356 g/mol. The van der Waals surface area contributed by atoms with Crippen LogP contribution >= 0.6 is 0 Å². The van der Waals surface area contributed by atoms with Gasteiger partial charge in [0, 0.05) is 39.9 Å². The molecule has 0 aromatic heterocycles. The molecule has 2 saturated carbocycles. The quantitative estimate of drug-likeness (QED) is 0.518. The summed E-state index contributed by atoms with van der Waals surface area (Å²) in [6, 6.07) is 0. The van der Waals surface area contributed by atoms with E-state index in [4.69, 9.17) is 20.9 Å². The second kappa shape index (κ2) is 9.59. The van der Waals surface area contributed by atoms with Crippen LogP contribution < -0.4 is 11.5 Å². The van der Waals surface area contributed by atoms with Crippen LogP contribution in [0.25, 0.3) is 0 Å². The van der Waals surface area contributed by atoms with Crippen LogP contribution in [0.1, 0.15) is 51.4 Å². The van der Waals surface area contributed by atoms with E-state index in [-0.39, 0.29) is 11.8 Å². The Kier molecular flexibility index (Phi) is 8.34. The van der Waals surface area contributed by atoms with E-state index in [1.807, 2.05) is 0 Å². The number of ether oxygens (including phenoxy) is 4. The van der Waals surface area contributed by atoms with Crippen LogP contribution in [0.4, 0.5) is 0 Å². The molecule has 2 aliphatic rings. The number of carbonyl (C=O) groups is 3. The van der Waals surface area contributed by atoms with Gasteiger partial charge in [0.25, 0.3) is 0 Å². The van der Waals surface area contributed by atoms with Gasteiger partial charge in [-0.25, -0.2) is 0 Å². The molecule has 2 rings (SSSR count). The zero-order valence-corrected chi connectivity index (χ0v) is 16.7. The first kappa shape index (κ1) is 23.5. The van der Waals surface area contributed by atoms with Crippen molar-refractivity contribution in [1.29, 1.82) is 0 Å². The predicted molar refractivity (Wildman–Crippen MR) is 96.6 cm³/mol. The molecule has 0 heterocycles. The summed E-state index contributed by atoms with van der Waals surface area (Å²) < 4.78 is 19.8. The zero-order valence-electron chi connectivity index (χ0n) is 16.7. The minimum absolute atomic E-state index is 0.181. The van der Waals surface area contributed by atoms with E-state index in [0.717, 1.165) is 0 Å². The Bertz CT molecular complexity index is 526. The molecule has 156 valence electrons. The molecule has 9 heteroatoms. The van der Waals surface area contributed by atoms with E-state index in [1.165, 1.54) is 14.2 Å². The van der Waals surface area contributed by atoms with Crippen molar-refractivity contribution in [2.75, 3.05) is 28.4 Å². The fourth-order valence-corrected chi connectivity index (χ4v) is 3.36. The molecule has 0 amide bonds. The highest BCUT2D eigenvalue weighted by Crippen LogP contribution is 2.36. The maximum absolute atomic E-state index is 11.4. The maximum Gasteiger partial charge on any atom is 0.325 e. The lowest BCUT2D eigenvalue weighted by atomic mass is 9.79. The van der Waals surface area contributed by atoms with Gasteiger partial charge in [-0.05, 0) is 25.7 Å². The Hall–Kier alpha value is -1.55. The number of ketones is 1.